The molecule has 0 radical (unpaired) electrons. The molecule has 6 nitrogen and oxygen atoms in total. The van der Waals surface area contributed by atoms with Gasteiger partial charge in [0, 0.05) is 6.42 Å². The first-order valence-electron chi connectivity index (χ1n) is 7.58. The van der Waals surface area contributed by atoms with Crippen molar-refractivity contribution >= 4 is 11.9 Å². The van der Waals surface area contributed by atoms with Crippen LogP contribution in [0.5, 0.6) is 5.75 Å². The van der Waals surface area contributed by atoms with Gasteiger partial charge in [0.15, 0.2) is 0 Å². The van der Waals surface area contributed by atoms with Gasteiger partial charge < -0.3 is 19.6 Å². The number of aromatic carboxylic acids is 1. The van der Waals surface area contributed by atoms with Crippen molar-refractivity contribution in [2.45, 2.75) is 32.7 Å². The number of benzene rings is 1. The summed E-state index contributed by atoms with van der Waals surface area (Å²) in [6.45, 7) is 1.56. The van der Waals surface area contributed by atoms with Gasteiger partial charge in [0.1, 0.15) is 22.8 Å². The molecule has 0 aliphatic carbocycles. The van der Waals surface area contributed by atoms with Gasteiger partial charge in [-0.3, -0.25) is 4.79 Å². The molecule has 1 amide bonds. The second-order valence-corrected chi connectivity index (χ2v) is 5.46. The van der Waals surface area contributed by atoms with Crippen LogP contribution in [0.15, 0.2) is 34.7 Å². The van der Waals surface area contributed by atoms with E-state index >= 15 is 0 Å². The Balaban J connectivity index is 1.80. The Kier molecular flexibility index (Phi) is 5.91. The van der Waals surface area contributed by atoms with Gasteiger partial charge in [-0.1, -0.05) is 12.1 Å². The number of hydrogen-bond acceptors (Lipinski definition) is 4. The molecule has 0 saturated carbocycles. The molecule has 2 aromatic rings. The number of carboxylic acid groups (broad SMARTS) is 1. The number of nitrogens with one attached hydrogen (secondary N) is 1. The summed E-state index contributed by atoms with van der Waals surface area (Å²) in [5.41, 5.74) is 0.715. The van der Waals surface area contributed by atoms with Crippen molar-refractivity contribution in [3.8, 4) is 5.75 Å². The van der Waals surface area contributed by atoms with E-state index in [1.807, 2.05) is 0 Å². The van der Waals surface area contributed by atoms with E-state index < -0.39 is 12.3 Å². The number of carboxylic acids is 1. The van der Waals surface area contributed by atoms with Crippen LogP contribution in [0.25, 0.3) is 0 Å². The van der Waals surface area contributed by atoms with Crippen LogP contribution in [0, 0.1) is 6.92 Å². The first-order chi connectivity index (χ1) is 12.1. The van der Waals surface area contributed by atoms with Crippen molar-refractivity contribution in [3.63, 3.8) is 0 Å². The van der Waals surface area contributed by atoms with Crippen molar-refractivity contribution in [3.05, 3.63) is 53.0 Å². The number of halogens is 3. The zero-order valence-electron chi connectivity index (χ0n) is 13.7. The normalized spacial score (nSPS) is 11.2. The number of carbonyl (C=O) groups is 2. The van der Waals surface area contributed by atoms with Gasteiger partial charge in [0.2, 0.25) is 5.91 Å². The lowest BCUT2D eigenvalue weighted by molar-refractivity contribution is -0.274. The minimum atomic E-state index is -4.74. The number of carbonyl (C=O) groups excluding carboxylic acids is 1. The number of rotatable bonds is 7. The predicted octanol–water partition coefficient (Wildman–Crippen LogP) is 3.43. The van der Waals surface area contributed by atoms with E-state index in [9.17, 15) is 22.8 Å². The molecule has 0 fully saturated rings. The molecule has 0 aliphatic heterocycles. The standard InChI is InChI=1S/C17H16F3NO5/c1-10-14(16(23)24)8-13(25-10)9-21-15(22)7-4-11-2-5-12(6-3-11)26-17(18,19)20/h2-3,5-6,8H,4,7,9H2,1H3,(H,21,22)(H,23,24). The molecule has 0 unspecified atom stereocenters. The first kappa shape index (κ1) is 19.4. The van der Waals surface area contributed by atoms with Crippen molar-refractivity contribution < 1.29 is 37.0 Å². The molecule has 0 spiro atoms. The van der Waals surface area contributed by atoms with Crippen molar-refractivity contribution in [1.82, 2.24) is 5.32 Å². The molecule has 0 saturated heterocycles. The van der Waals surface area contributed by atoms with E-state index in [0.717, 1.165) is 0 Å². The average Bonchev–Trinajstić information content (AvgIpc) is 2.92. The lowest BCUT2D eigenvalue weighted by Crippen LogP contribution is -2.22. The van der Waals surface area contributed by atoms with Crippen LogP contribution in [-0.4, -0.2) is 23.3 Å². The molecule has 0 atom stereocenters. The van der Waals surface area contributed by atoms with Gasteiger partial charge in [0.25, 0.3) is 0 Å². The van der Waals surface area contributed by atoms with Crippen LogP contribution in [0.1, 0.15) is 33.9 Å². The Morgan fingerprint density at radius 1 is 1.23 bits per heavy atom. The van der Waals surface area contributed by atoms with Crippen LogP contribution in [-0.2, 0) is 17.8 Å². The van der Waals surface area contributed by atoms with Crippen molar-refractivity contribution in [2.75, 3.05) is 0 Å². The number of amides is 1. The van der Waals surface area contributed by atoms with Gasteiger partial charge in [-0.2, -0.15) is 0 Å². The monoisotopic (exact) mass is 371 g/mol. The molecule has 2 rings (SSSR count). The Hall–Kier alpha value is -2.97. The summed E-state index contributed by atoms with van der Waals surface area (Å²) in [4.78, 5) is 22.7. The molecule has 1 heterocycles. The van der Waals surface area contributed by atoms with E-state index in [1.54, 1.807) is 0 Å². The molecular weight excluding hydrogens is 355 g/mol. The highest BCUT2D eigenvalue weighted by Crippen LogP contribution is 2.23. The number of alkyl halides is 3. The van der Waals surface area contributed by atoms with Crippen LogP contribution in [0.3, 0.4) is 0 Å². The maximum Gasteiger partial charge on any atom is 0.573 e. The largest absolute Gasteiger partial charge is 0.573 e. The Morgan fingerprint density at radius 3 is 2.42 bits per heavy atom. The molecule has 9 heteroatoms. The van der Waals surface area contributed by atoms with Crippen LogP contribution >= 0.6 is 0 Å². The number of hydrogen-bond donors (Lipinski definition) is 2. The summed E-state index contributed by atoms with van der Waals surface area (Å²) in [6.07, 6.45) is -4.30. The summed E-state index contributed by atoms with van der Waals surface area (Å²) in [5.74, 6) is -1.16. The van der Waals surface area contributed by atoms with E-state index in [2.05, 4.69) is 10.1 Å². The lowest BCUT2D eigenvalue weighted by Gasteiger charge is -2.09. The predicted molar refractivity (Wildman–Crippen MR) is 83.7 cm³/mol. The topological polar surface area (TPSA) is 88.8 Å². The quantitative estimate of drug-likeness (QED) is 0.778. The molecule has 0 aliphatic rings. The molecule has 26 heavy (non-hydrogen) atoms. The molecule has 2 N–H and O–H groups in total. The third kappa shape index (κ3) is 5.83. The van der Waals surface area contributed by atoms with Gasteiger partial charge in [-0.25, -0.2) is 4.79 Å². The summed E-state index contributed by atoms with van der Waals surface area (Å²) in [5, 5.41) is 11.5. The zero-order chi connectivity index (χ0) is 19.3. The van der Waals surface area contributed by atoms with Crippen LogP contribution in [0.2, 0.25) is 0 Å². The average molecular weight is 371 g/mol. The minimum Gasteiger partial charge on any atom is -0.478 e. The van der Waals surface area contributed by atoms with Gasteiger partial charge in [0.05, 0.1) is 6.54 Å². The lowest BCUT2D eigenvalue weighted by atomic mass is 10.1. The molecule has 140 valence electrons. The Morgan fingerprint density at radius 2 is 1.88 bits per heavy atom. The summed E-state index contributed by atoms with van der Waals surface area (Å²) < 4.78 is 45.2. The van der Waals surface area contributed by atoms with Crippen molar-refractivity contribution in [2.24, 2.45) is 0 Å². The highest BCUT2D eigenvalue weighted by Gasteiger charge is 2.30. The second kappa shape index (κ2) is 7.94. The minimum absolute atomic E-state index is 0.0374. The second-order valence-electron chi connectivity index (χ2n) is 5.46. The smallest absolute Gasteiger partial charge is 0.478 e. The summed E-state index contributed by atoms with van der Waals surface area (Å²) >= 11 is 0. The van der Waals surface area contributed by atoms with Gasteiger partial charge >= 0.3 is 12.3 Å². The molecule has 1 aromatic heterocycles. The highest BCUT2D eigenvalue weighted by molar-refractivity contribution is 5.88. The fraction of sp³-hybridized carbons (Fsp3) is 0.294. The fourth-order valence-electron chi connectivity index (χ4n) is 2.23. The van der Waals surface area contributed by atoms with E-state index in [4.69, 9.17) is 9.52 Å². The third-order valence-electron chi connectivity index (χ3n) is 3.46. The highest BCUT2D eigenvalue weighted by atomic mass is 19.4. The van der Waals surface area contributed by atoms with Crippen LogP contribution in [0.4, 0.5) is 13.2 Å². The van der Waals surface area contributed by atoms with Gasteiger partial charge in [-0.15, -0.1) is 13.2 Å². The SMILES string of the molecule is Cc1oc(CNC(=O)CCc2ccc(OC(F)(F)F)cc2)cc1C(=O)O. The first-order valence-corrected chi connectivity index (χ1v) is 7.58. The maximum atomic E-state index is 12.1. The van der Waals surface area contributed by atoms with E-state index in [0.29, 0.717) is 17.7 Å². The van der Waals surface area contributed by atoms with E-state index in [-0.39, 0.29) is 35.9 Å². The summed E-state index contributed by atoms with van der Waals surface area (Å²) in [7, 11) is 0. The van der Waals surface area contributed by atoms with E-state index in [1.165, 1.54) is 37.3 Å². The molecule has 1 aromatic carbocycles. The zero-order valence-corrected chi connectivity index (χ0v) is 13.7. The Bertz CT molecular complexity index is 781. The maximum absolute atomic E-state index is 12.1. The number of ether oxygens (including phenoxy) is 1. The van der Waals surface area contributed by atoms with Gasteiger partial charge in [-0.05, 0) is 37.1 Å². The number of furan rings is 1. The summed E-state index contributed by atoms with van der Waals surface area (Å²) in [6, 6.07) is 6.60. The molecule has 0 bridgehead atoms. The number of aryl methyl sites for hydroxylation is 2. The van der Waals surface area contributed by atoms with Crippen LogP contribution < -0.4 is 10.1 Å². The Labute approximate surface area is 146 Å². The molecular formula is C17H16F3NO5. The van der Waals surface area contributed by atoms with Crippen molar-refractivity contribution in [1.29, 1.82) is 0 Å². The fourth-order valence-corrected chi connectivity index (χ4v) is 2.23. The third-order valence-corrected chi connectivity index (χ3v) is 3.46.